The highest BCUT2D eigenvalue weighted by molar-refractivity contribution is 5.39. The van der Waals surface area contributed by atoms with Gasteiger partial charge < -0.3 is 10.1 Å². The van der Waals surface area contributed by atoms with Crippen molar-refractivity contribution in [1.82, 2.24) is 10.3 Å². The van der Waals surface area contributed by atoms with Crippen LogP contribution in [0, 0.1) is 11.3 Å². The molecule has 2 heterocycles. The maximum Gasteiger partial charge on any atom is 0.433 e. The molecule has 1 aliphatic heterocycles. The minimum absolute atomic E-state index is 0.0126. The molecule has 19 heavy (non-hydrogen) atoms. The highest BCUT2D eigenvalue weighted by atomic mass is 19.4. The molecule has 0 spiro atoms. The molecule has 1 N–H and O–H groups in total. The molecule has 1 aromatic rings. The van der Waals surface area contributed by atoms with Gasteiger partial charge in [0.25, 0.3) is 0 Å². The van der Waals surface area contributed by atoms with E-state index in [9.17, 15) is 13.2 Å². The molecule has 0 radical (unpaired) electrons. The number of pyridine rings is 1. The third kappa shape index (κ3) is 3.35. The minimum Gasteiger partial charge on any atom is -0.472 e. The smallest absolute Gasteiger partial charge is 0.433 e. The van der Waals surface area contributed by atoms with Crippen LogP contribution in [-0.2, 0) is 6.18 Å². The Morgan fingerprint density at radius 2 is 2.21 bits per heavy atom. The summed E-state index contributed by atoms with van der Waals surface area (Å²) in [5.41, 5.74) is -1.04. The number of alkyl halides is 3. The van der Waals surface area contributed by atoms with Gasteiger partial charge in [-0.25, -0.2) is 4.98 Å². The van der Waals surface area contributed by atoms with Crippen LogP contribution in [0.1, 0.15) is 24.1 Å². The molecule has 1 fully saturated rings. The predicted octanol–water partition coefficient (Wildman–Crippen LogP) is 2.10. The van der Waals surface area contributed by atoms with Gasteiger partial charge in [-0.05, 0) is 31.5 Å². The molecular weight excluding hydrogens is 259 g/mol. The summed E-state index contributed by atoms with van der Waals surface area (Å²) in [6.07, 6.45) is -3.19. The quantitative estimate of drug-likeness (QED) is 0.895. The van der Waals surface area contributed by atoms with Crippen molar-refractivity contribution in [3.63, 3.8) is 0 Å². The van der Waals surface area contributed by atoms with Gasteiger partial charge in [0, 0.05) is 6.54 Å². The predicted molar refractivity (Wildman–Crippen MR) is 60.5 cm³/mol. The van der Waals surface area contributed by atoms with E-state index in [-0.39, 0.29) is 17.5 Å². The zero-order chi connectivity index (χ0) is 13.9. The largest absolute Gasteiger partial charge is 0.472 e. The van der Waals surface area contributed by atoms with Crippen molar-refractivity contribution in [3.05, 3.63) is 23.4 Å². The molecule has 0 aromatic carbocycles. The normalized spacial score (nSPS) is 19.8. The lowest BCUT2D eigenvalue weighted by molar-refractivity contribution is -0.141. The molecule has 1 atom stereocenters. The van der Waals surface area contributed by atoms with E-state index in [1.807, 2.05) is 0 Å². The highest BCUT2D eigenvalue weighted by Crippen LogP contribution is 2.30. The molecule has 0 bridgehead atoms. The first kappa shape index (κ1) is 13.6. The van der Waals surface area contributed by atoms with E-state index in [2.05, 4.69) is 10.3 Å². The fraction of sp³-hybridized carbons (Fsp3) is 0.500. The number of nitriles is 1. The van der Waals surface area contributed by atoms with Crippen LogP contribution in [0.5, 0.6) is 5.88 Å². The summed E-state index contributed by atoms with van der Waals surface area (Å²) in [7, 11) is 0. The monoisotopic (exact) mass is 271 g/mol. The highest BCUT2D eigenvalue weighted by Gasteiger charge is 2.33. The van der Waals surface area contributed by atoms with Crippen LogP contribution in [-0.4, -0.2) is 24.2 Å². The SMILES string of the molecule is N#Cc1ccc(C(F)(F)F)nc1O[C@H]1CCCNC1. The Morgan fingerprint density at radius 1 is 1.42 bits per heavy atom. The first-order valence-electron chi connectivity index (χ1n) is 5.86. The molecule has 2 rings (SSSR count). The van der Waals surface area contributed by atoms with Gasteiger partial charge in [0.05, 0.1) is 0 Å². The van der Waals surface area contributed by atoms with Gasteiger partial charge in [0.1, 0.15) is 23.4 Å². The summed E-state index contributed by atoms with van der Waals surface area (Å²) in [6.45, 7) is 1.41. The van der Waals surface area contributed by atoms with E-state index in [1.165, 1.54) is 0 Å². The van der Waals surface area contributed by atoms with Gasteiger partial charge in [0.2, 0.25) is 5.88 Å². The van der Waals surface area contributed by atoms with E-state index >= 15 is 0 Å². The first-order chi connectivity index (χ1) is 9.00. The summed E-state index contributed by atoms with van der Waals surface area (Å²) >= 11 is 0. The number of nitrogens with one attached hydrogen (secondary N) is 1. The van der Waals surface area contributed by atoms with E-state index in [0.717, 1.165) is 31.5 Å². The number of halogens is 3. The number of hydrogen-bond acceptors (Lipinski definition) is 4. The molecule has 0 saturated carbocycles. The standard InChI is InChI=1S/C12H12F3N3O/c13-12(14,15)10-4-3-8(6-16)11(18-10)19-9-2-1-5-17-7-9/h3-4,9,17H,1-2,5,7H2/t9-/m0/s1. The number of aromatic nitrogens is 1. The topological polar surface area (TPSA) is 57.9 Å². The molecule has 4 nitrogen and oxygen atoms in total. The maximum atomic E-state index is 12.6. The molecule has 102 valence electrons. The van der Waals surface area contributed by atoms with Gasteiger partial charge in [-0.1, -0.05) is 0 Å². The number of ether oxygens (including phenoxy) is 1. The van der Waals surface area contributed by atoms with Crippen molar-refractivity contribution >= 4 is 0 Å². The summed E-state index contributed by atoms with van der Waals surface area (Å²) in [4.78, 5) is 3.41. The Bertz CT molecular complexity index is 490. The van der Waals surface area contributed by atoms with E-state index in [0.29, 0.717) is 6.54 Å². The lowest BCUT2D eigenvalue weighted by Crippen LogP contribution is -2.37. The van der Waals surface area contributed by atoms with Crippen molar-refractivity contribution in [2.45, 2.75) is 25.1 Å². The molecule has 0 aliphatic carbocycles. The molecule has 7 heteroatoms. The molecule has 1 aliphatic rings. The van der Waals surface area contributed by atoms with Crippen molar-refractivity contribution in [3.8, 4) is 11.9 Å². The number of piperidine rings is 1. The first-order valence-corrected chi connectivity index (χ1v) is 5.86. The molecule has 1 saturated heterocycles. The van der Waals surface area contributed by atoms with Gasteiger partial charge in [-0.15, -0.1) is 0 Å². The molecule has 0 amide bonds. The van der Waals surface area contributed by atoms with Gasteiger partial charge in [0.15, 0.2) is 0 Å². The zero-order valence-corrected chi connectivity index (χ0v) is 10.00. The summed E-state index contributed by atoms with van der Waals surface area (Å²) < 4.78 is 43.1. The van der Waals surface area contributed by atoms with Crippen molar-refractivity contribution in [1.29, 1.82) is 5.26 Å². The average molecular weight is 271 g/mol. The Labute approximate surface area is 108 Å². The van der Waals surface area contributed by atoms with Crippen molar-refractivity contribution in [2.75, 3.05) is 13.1 Å². The fourth-order valence-corrected chi connectivity index (χ4v) is 1.85. The van der Waals surface area contributed by atoms with E-state index in [4.69, 9.17) is 10.00 Å². The number of hydrogen-bond donors (Lipinski definition) is 1. The van der Waals surface area contributed by atoms with Gasteiger partial charge in [-0.2, -0.15) is 18.4 Å². The minimum atomic E-state index is -4.54. The maximum absolute atomic E-state index is 12.6. The van der Waals surface area contributed by atoms with Gasteiger partial charge >= 0.3 is 6.18 Å². The number of nitrogens with zero attached hydrogens (tertiary/aromatic N) is 2. The van der Waals surface area contributed by atoms with Crippen LogP contribution in [0.4, 0.5) is 13.2 Å². The lowest BCUT2D eigenvalue weighted by atomic mass is 10.1. The van der Waals surface area contributed by atoms with E-state index in [1.54, 1.807) is 6.07 Å². The summed E-state index contributed by atoms with van der Waals surface area (Å²) in [5, 5.41) is 12.0. The van der Waals surface area contributed by atoms with Crippen LogP contribution < -0.4 is 10.1 Å². The van der Waals surface area contributed by atoms with Gasteiger partial charge in [-0.3, -0.25) is 0 Å². The summed E-state index contributed by atoms with van der Waals surface area (Å²) in [5.74, 6) is -0.244. The zero-order valence-electron chi connectivity index (χ0n) is 10.00. The number of rotatable bonds is 2. The second-order valence-corrected chi connectivity index (χ2v) is 4.24. The van der Waals surface area contributed by atoms with Crippen LogP contribution in [0.15, 0.2) is 12.1 Å². The third-order valence-corrected chi connectivity index (χ3v) is 2.80. The average Bonchev–Trinajstić information content (AvgIpc) is 2.39. The van der Waals surface area contributed by atoms with Crippen LogP contribution in [0.2, 0.25) is 0 Å². The van der Waals surface area contributed by atoms with Crippen LogP contribution in [0.3, 0.4) is 0 Å². The Balaban J connectivity index is 2.23. The molecule has 0 unspecified atom stereocenters. The Kier molecular flexibility index (Phi) is 3.90. The second kappa shape index (κ2) is 5.45. The lowest BCUT2D eigenvalue weighted by Gasteiger charge is -2.24. The summed E-state index contributed by atoms with van der Waals surface area (Å²) in [6, 6.07) is 3.66. The molecular formula is C12H12F3N3O. The van der Waals surface area contributed by atoms with Crippen molar-refractivity contribution < 1.29 is 17.9 Å². The Morgan fingerprint density at radius 3 is 2.79 bits per heavy atom. The van der Waals surface area contributed by atoms with Crippen LogP contribution >= 0.6 is 0 Å². The van der Waals surface area contributed by atoms with Crippen LogP contribution in [0.25, 0.3) is 0 Å². The fourth-order valence-electron chi connectivity index (χ4n) is 1.85. The van der Waals surface area contributed by atoms with E-state index < -0.39 is 11.9 Å². The third-order valence-electron chi connectivity index (χ3n) is 2.80. The molecule has 1 aromatic heterocycles. The van der Waals surface area contributed by atoms with Crippen molar-refractivity contribution in [2.24, 2.45) is 0 Å². The Hall–Kier alpha value is -1.81. The second-order valence-electron chi connectivity index (χ2n) is 4.24.